The molecule has 0 spiro atoms. The third kappa shape index (κ3) is 2.99. The van der Waals surface area contributed by atoms with E-state index in [4.69, 9.17) is 4.74 Å². The van der Waals surface area contributed by atoms with E-state index >= 15 is 0 Å². The second-order valence-electron chi connectivity index (χ2n) is 5.06. The maximum atomic E-state index is 12.2. The highest BCUT2D eigenvalue weighted by molar-refractivity contribution is 6.05. The molecule has 112 valence electrons. The predicted molar refractivity (Wildman–Crippen MR) is 70.8 cm³/mol. The number of carbonyl (C=O) groups is 3. The van der Waals surface area contributed by atoms with Gasteiger partial charge in [0.25, 0.3) is 0 Å². The van der Waals surface area contributed by atoms with Crippen LogP contribution in [-0.4, -0.2) is 72.5 Å². The van der Waals surface area contributed by atoms with Gasteiger partial charge in [-0.1, -0.05) is 0 Å². The molecule has 0 aromatic rings. The lowest BCUT2D eigenvalue weighted by Crippen LogP contribution is -2.52. The molecule has 7 nitrogen and oxygen atoms in total. The molecule has 0 aliphatic carbocycles. The van der Waals surface area contributed by atoms with E-state index in [2.05, 4.69) is 5.32 Å². The lowest BCUT2D eigenvalue weighted by atomic mass is 10.2. The molecule has 0 aromatic carbocycles. The molecule has 0 saturated carbocycles. The van der Waals surface area contributed by atoms with Crippen molar-refractivity contribution in [1.29, 1.82) is 0 Å². The van der Waals surface area contributed by atoms with E-state index in [1.54, 1.807) is 18.7 Å². The Morgan fingerprint density at radius 2 is 2.05 bits per heavy atom. The molecule has 0 radical (unpaired) electrons. The van der Waals surface area contributed by atoms with Crippen molar-refractivity contribution in [2.24, 2.45) is 0 Å². The van der Waals surface area contributed by atoms with Crippen LogP contribution in [0.3, 0.4) is 0 Å². The number of morpholine rings is 1. The SMILES string of the molecule is CCN1C(=O)CC(NC(C)C(=O)N2CCOCC2)C1=O. The largest absolute Gasteiger partial charge is 0.378 e. The van der Waals surface area contributed by atoms with Gasteiger partial charge in [-0.25, -0.2) is 0 Å². The molecule has 1 N–H and O–H groups in total. The number of hydrogen-bond donors (Lipinski definition) is 1. The molecule has 2 unspecified atom stereocenters. The monoisotopic (exact) mass is 283 g/mol. The summed E-state index contributed by atoms with van der Waals surface area (Å²) in [7, 11) is 0. The Bertz CT molecular complexity index is 406. The summed E-state index contributed by atoms with van der Waals surface area (Å²) in [4.78, 5) is 38.8. The van der Waals surface area contributed by atoms with Gasteiger partial charge in [0, 0.05) is 19.6 Å². The van der Waals surface area contributed by atoms with Crippen molar-refractivity contribution in [3.05, 3.63) is 0 Å². The number of carbonyl (C=O) groups excluding carboxylic acids is 3. The van der Waals surface area contributed by atoms with Gasteiger partial charge >= 0.3 is 0 Å². The van der Waals surface area contributed by atoms with Crippen LogP contribution in [0.25, 0.3) is 0 Å². The van der Waals surface area contributed by atoms with Crippen LogP contribution in [0.15, 0.2) is 0 Å². The first kappa shape index (κ1) is 14.9. The highest BCUT2D eigenvalue weighted by Gasteiger charge is 2.39. The van der Waals surface area contributed by atoms with Crippen LogP contribution >= 0.6 is 0 Å². The molecular weight excluding hydrogens is 262 g/mol. The number of rotatable bonds is 4. The first-order chi connectivity index (χ1) is 9.54. The van der Waals surface area contributed by atoms with Gasteiger partial charge in [-0.15, -0.1) is 0 Å². The van der Waals surface area contributed by atoms with Crippen molar-refractivity contribution < 1.29 is 19.1 Å². The molecule has 2 aliphatic rings. The van der Waals surface area contributed by atoms with E-state index < -0.39 is 12.1 Å². The van der Waals surface area contributed by atoms with Crippen molar-refractivity contribution in [2.45, 2.75) is 32.4 Å². The average Bonchev–Trinajstić information content (AvgIpc) is 2.73. The van der Waals surface area contributed by atoms with Crippen molar-refractivity contribution in [2.75, 3.05) is 32.8 Å². The topological polar surface area (TPSA) is 79.0 Å². The fraction of sp³-hybridized carbons (Fsp3) is 0.769. The lowest BCUT2D eigenvalue weighted by molar-refractivity contribution is -0.138. The summed E-state index contributed by atoms with van der Waals surface area (Å²) in [5.41, 5.74) is 0. The van der Waals surface area contributed by atoms with Crippen molar-refractivity contribution >= 4 is 17.7 Å². The van der Waals surface area contributed by atoms with Crippen molar-refractivity contribution in [1.82, 2.24) is 15.1 Å². The van der Waals surface area contributed by atoms with Gasteiger partial charge in [-0.3, -0.25) is 24.6 Å². The standard InChI is InChI=1S/C13H21N3O4/c1-3-16-11(17)8-10(13(16)19)14-9(2)12(18)15-4-6-20-7-5-15/h9-10,14H,3-8H2,1-2H3. The Hall–Kier alpha value is -1.47. The third-order valence-electron chi connectivity index (χ3n) is 3.70. The quantitative estimate of drug-likeness (QED) is 0.668. The highest BCUT2D eigenvalue weighted by atomic mass is 16.5. The lowest BCUT2D eigenvalue weighted by Gasteiger charge is -2.30. The number of amides is 3. The van der Waals surface area contributed by atoms with Gasteiger partial charge in [-0.2, -0.15) is 0 Å². The summed E-state index contributed by atoms with van der Waals surface area (Å²) in [6.07, 6.45) is 0.132. The van der Waals surface area contributed by atoms with Gasteiger partial charge in [0.2, 0.25) is 17.7 Å². The smallest absolute Gasteiger partial charge is 0.246 e. The van der Waals surface area contributed by atoms with Crippen LogP contribution in [0.5, 0.6) is 0 Å². The molecule has 20 heavy (non-hydrogen) atoms. The highest BCUT2D eigenvalue weighted by Crippen LogP contribution is 2.13. The number of likely N-dealkylation sites (N-methyl/N-ethyl adjacent to an activating group) is 1. The molecule has 7 heteroatoms. The number of likely N-dealkylation sites (tertiary alicyclic amines) is 1. The summed E-state index contributed by atoms with van der Waals surface area (Å²) in [5.74, 6) is -0.469. The molecule has 0 aromatic heterocycles. The van der Waals surface area contributed by atoms with Crippen LogP contribution < -0.4 is 5.32 Å². The number of nitrogens with one attached hydrogen (secondary N) is 1. The summed E-state index contributed by atoms with van der Waals surface area (Å²) in [5, 5.41) is 2.98. The summed E-state index contributed by atoms with van der Waals surface area (Å²) in [6.45, 7) is 6.10. The van der Waals surface area contributed by atoms with Crippen LogP contribution in [-0.2, 0) is 19.1 Å². The zero-order valence-electron chi connectivity index (χ0n) is 11.9. The number of imide groups is 1. The minimum absolute atomic E-state index is 0.0523. The Kier molecular flexibility index (Phi) is 4.72. The molecule has 0 bridgehead atoms. The number of nitrogens with zero attached hydrogens (tertiary/aromatic N) is 2. The normalized spacial score (nSPS) is 25.2. The van der Waals surface area contributed by atoms with Gasteiger partial charge in [0.15, 0.2) is 0 Å². The summed E-state index contributed by atoms with van der Waals surface area (Å²) >= 11 is 0. The maximum Gasteiger partial charge on any atom is 0.246 e. The fourth-order valence-electron chi connectivity index (χ4n) is 2.58. The molecule has 2 saturated heterocycles. The Morgan fingerprint density at radius 1 is 1.40 bits per heavy atom. The van der Waals surface area contributed by atoms with Crippen molar-refractivity contribution in [3.8, 4) is 0 Å². The van der Waals surface area contributed by atoms with Crippen LogP contribution in [0.4, 0.5) is 0 Å². The Balaban J connectivity index is 1.91. The van der Waals surface area contributed by atoms with Gasteiger partial charge < -0.3 is 9.64 Å². The van der Waals surface area contributed by atoms with E-state index in [9.17, 15) is 14.4 Å². The Labute approximate surface area is 118 Å². The Morgan fingerprint density at radius 3 is 2.60 bits per heavy atom. The van der Waals surface area contributed by atoms with Gasteiger partial charge in [0.05, 0.1) is 31.7 Å². The van der Waals surface area contributed by atoms with Gasteiger partial charge in [-0.05, 0) is 13.8 Å². The predicted octanol–water partition coefficient (Wildman–Crippen LogP) is -1.03. The molecule has 2 atom stereocenters. The second kappa shape index (κ2) is 6.32. The fourth-order valence-corrected chi connectivity index (χ4v) is 2.58. The average molecular weight is 283 g/mol. The van der Waals surface area contributed by atoms with E-state index in [1.807, 2.05) is 0 Å². The summed E-state index contributed by atoms with van der Waals surface area (Å²) in [6, 6.07) is -1.06. The van der Waals surface area contributed by atoms with E-state index in [0.717, 1.165) is 0 Å². The third-order valence-corrected chi connectivity index (χ3v) is 3.70. The van der Waals surface area contributed by atoms with Crippen LogP contribution in [0.1, 0.15) is 20.3 Å². The minimum Gasteiger partial charge on any atom is -0.378 e. The molecule has 2 rings (SSSR count). The van der Waals surface area contributed by atoms with Gasteiger partial charge in [0.1, 0.15) is 0 Å². The molecule has 2 aliphatic heterocycles. The maximum absolute atomic E-state index is 12.2. The zero-order chi connectivity index (χ0) is 14.7. The first-order valence-corrected chi connectivity index (χ1v) is 7.01. The number of ether oxygens (including phenoxy) is 1. The summed E-state index contributed by atoms with van der Waals surface area (Å²) < 4.78 is 5.20. The second-order valence-corrected chi connectivity index (χ2v) is 5.06. The van der Waals surface area contributed by atoms with Crippen LogP contribution in [0, 0.1) is 0 Å². The molecule has 3 amide bonds. The van der Waals surface area contributed by atoms with Crippen molar-refractivity contribution in [3.63, 3.8) is 0 Å². The number of hydrogen-bond acceptors (Lipinski definition) is 5. The first-order valence-electron chi connectivity index (χ1n) is 7.01. The minimum atomic E-state index is -0.581. The molecule has 2 fully saturated rings. The van der Waals surface area contributed by atoms with E-state index in [-0.39, 0.29) is 24.1 Å². The van der Waals surface area contributed by atoms with E-state index in [1.165, 1.54) is 4.90 Å². The molecular formula is C13H21N3O4. The molecule has 2 heterocycles. The van der Waals surface area contributed by atoms with Crippen LogP contribution in [0.2, 0.25) is 0 Å². The van der Waals surface area contributed by atoms with E-state index in [0.29, 0.717) is 32.8 Å². The zero-order valence-corrected chi connectivity index (χ0v) is 11.9.